The molecule has 1 aliphatic rings. The first kappa shape index (κ1) is 14.9. The minimum atomic E-state index is -0.926. The van der Waals surface area contributed by atoms with E-state index >= 15 is 0 Å². The van der Waals surface area contributed by atoms with Gasteiger partial charge in [0, 0.05) is 5.75 Å². The summed E-state index contributed by atoms with van der Waals surface area (Å²) in [6.45, 7) is 2.04. The maximum atomic E-state index is 11.8. The van der Waals surface area contributed by atoms with Gasteiger partial charge in [0.1, 0.15) is 6.04 Å². The average molecular weight is 293 g/mol. The first-order chi connectivity index (χ1) is 9.56. The van der Waals surface area contributed by atoms with E-state index in [1.165, 1.54) is 22.9 Å². The molecule has 2 N–H and O–H groups in total. The number of carbonyl (C=O) groups excluding carboxylic acids is 1. The molecule has 0 aliphatic heterocycles. The van der Waals surface area contributed by atoms with E-state index in [1.807, 2.05) is 25.1 Å². The van der Waals surface area contributed by atoms with Crippen LogP contribution in [0.25, 0.3) is 0 Å². The molecule has 1 fully saturated rings. The Hall–Kier alpha value is -1.49. The first-order valence-corrected chi connectivity index (χ1v) is 7.87. The van der Waals surface area contributed by atoms with Crippen molar-refractivity contribution in [3.63, 3.8) is 0 Å². The van der Waals surface area contributed by atoms with Crippen molar-refractivity contribution in [2.75, 3.05) is 5.75 Å². The molecule has 108 valence electrons. The number of rotatable bonds is 7. The minimum Gasteiger partial charge on any atom is -0.480 e. The monoisotopic (exact) mass is 293 g/mol. The summed E-state index contributed by atoms with van der Waals surface area (Å²) in [5.74, 6) is 0.0606. The van der Waals surface area contributed by atoms with Crippen molar-refractivity contribution in [2.24, 2.45) is 5.92 Å². The van der Waals surface area contributed by atoms with Gasteiger partial charge in [0.25, 0.3) is 0 Å². The van der Waals surface area contributed by atoms with Crippen molar-refractivity contribution in [2.45, 2.75) is 31.6 Å². The fourth-order valence-electron chi connectivity index (χ4n) is 2.09. The van der Waals surface area contributed by atoms with E-state index in [1.54, 1.807) is 0 Å². The molecule has 1 unspecified atom stereocenters. The quantitative estimate of drug-likeness (QED) is 0.809. The molecule has 1 aromatic rings. The number of benzene rings is 1. The zero-order valence-corrected chi connectivity index (χ0v) is 12.3. The number of hydrogen-bond acceptors (Lipinski definition) is 3. The summed E-state index contributed by atoms with van der Waals surface area (Å²) >= 11 is 1.50. The van der Waals surface area contributed by atoms with Crippen molar-refractivity contribution in [1.82, 2.24) is 5.32 Å². The van der Waals surface area contributed by atoms with Gasteiger partial charge in [-0.25, -0.2) is 4.79 Å². The highest BCUT2D eigenvalue weighted by atomic mass is 32.2. The van der Waals surface area contributed by atoms with Crippen molar-refractivity contribution in [3.05, 3.63) is 35.4 Å². The predicted octanol–water partition coefficient (Wildman–Crippen LogP) is 2.21. The molecule has 1 saturated carbocycles. The summed E-state index contributed by atoms with van der Waals surface area (Å²) in [6.07, 6.45) is 1.79. The first-order valence-electron chi connectivity index (χ1n) is 6.71. The van der Waals surface area contributed by atoms with Crippen molar-refractivity contribution >= 4 is 23.6 Å². The Morgan fingerprint density at radius 1 is 1.45 bits per heavy atom. The average Bonchev–Trinajstić information content (AvgIpc) is 3.20. The SMILES string of the molecule is Cc1cccc(CSCC(=O)NC(C(=O)O)C2CC2)c1. The lowest BCUT2D eigenvalue weighted by Gasteiger charge is -2.13. The van der Waals surface area contributed by atoms with Gasteiger partial charge in [0.2, 0.25) is 5.91 Å². The van der Waals surface area contributed by atoms with Crippen LogP contribution >= 0.6 is 11.8 Å². The highest BCUT2D eigenvalue weighted by molar-refractivity contribution is 7.99. The van der Waals surface area contributed by atoms with Gasteiger partial charge < -0.3 is 10.4 Å². The molecular formula is C15H19NO3S. The summed E-state index contributed by atoms with van der Waals surface area (Å²) in [6, 6.07) is 7.45. The molecular weight excluding hydrogens is 274 g/mol. The Kier molecular flexibility index (Phi) is 5.06. The van der Waals surface area contributed by atoms with Gasteiger partial charge in [-0.2, -0.15) is 0 Å². The van der Waals surface area contributed by atoms with Gasteiger partial charge in [0.05, 0.1) is 5.75 Å². The lowest BCUT2D eigenvalue weighted by molar-refractivity contribution is -0.142. The molecule has 20 heavy (non-hydrogen) atoms. The van der Waals surface area contributed by atoms with Gasteiger partial charge in [-0.1, -0.05) is 29.8 Å². The summed E-state index contributed by atoms with van der Waals surface area (Å²) < 4.78 is 0. The molecule has 0 spiro atoms. The summed E-state index contributed by atoms with van der Waals surface area (Å²) in [4.78, 5) is 22.8. The van der Waals surface area contributed by atoms with E-state index in [-0.39, 0.29) is 11.8 Å². The minimum absolute atomic E-state index is 0.123. The molecule has 0 heterocycles. The molecule has 0 bridgehead atoms. The fraction of sp³-hybridized carbons (Fsp3) is 0.467. The van der Waals surface area contributed by atoms with E-state index in [9.17, 15) is 9.59 Å². The number of amides is 1. The van der Waals surface area contributed by atoms with Crippen molar-refractivity contribution < 1.29 is 14.7 Å². The largest absolute Gasteiger partial charge is 0.480 e. The number of aryl methyl sites for hydroxylation is 1. The smallest absolute Gasteiger partial charge is 0.326 e. The Morgan fingerprint density at radius 3 is 2.80 bits per heavy atom. The highest BCUT2D eigenvalue weighted by Crippen LogP contribution is 2.32. The van der Waals surface area contributed by atoms with Crippen molar-refractivity contribution in [1.29, 1.82) is 0 Å². The molecule has 2 rings (SSSR count). The second kappa shape index (κ2) is 6.79. The van der Waals surface area contributed by atoms with Gasteiger partial charge in [-0.3, -0.25) is 4.79 Å². The normalized spacial score (nSPS) is 15.7. The van der Waals surface area contributed by atoms with Crippen LogP contribution in [0.3, 0.4) is 0 Å². The van der Waals surface area contributed by atoms with E-state index in [0.29, 0.717) is 5.75 Å². The molecule has 1 aliphatic carbocycles. The Bertz CT molecular complexity index is 500. The molecule has 1 atom stereocenters. The van der Waals surface area contributed by atoms with Crippen LogP contribution in [0.15, 0.2) is 24.3 Å². The van der Waals surface area contributed by atoms with E-state index in [0.717, 1.165) is 18.6 Å². The van der Waals surface area contributed by atoms with Gasteiger partial charge in [-0.15, -0.1) is 11.8 Å². The maximum absolute atomic E-state index is 11.8. The van der Waals surface area contributed by atoms with Crippen molar-refractivity contribution in [3.8, 4) is 0 Å². The number of carboxylic acids is 1. The maximum Gasteiger partial charge on any atom is 0.326 e. The second-order valence-corrected chi connectivity index (χ2v) is 6.19. The van der Waals surface area contributed by atoms with E-state index < -0.39 is 12.0 Å². The number of carbonyl (C=O) groups is 2. The third-order valence-corrected chi connectivity index (χ3v) is 4.26. The number of aliphatic carboxylic acids is 1. The standard InChI is InChI=1S/C15H19NO3S/c1-10-3-2-4-11(7-10)8-20-9-13(17)16-14(15(18)19)12-5-6-12/h2-4,7,12,14H,5-6,8-9H2,1H3,(H,16,17)(H,18,19). The Labute approximate surface area is 123 Å². The highest BCUT2D eigenvalue weighted by Gasteiger charge is 2.37. The third-order valence-electron chi connectivity index (χ3n) is 3.26. The fourth-order valence-corrected chi connectivity index (χ4v) is 2.88. The lowest BCUT2D eigenvalue weighted by Crippen LogP contribution is -2.43. The number of thioether (sulfide) groups is 1. The molecule has 0 radical (unpaired) electrons. The van der Waals surface area contributed by atoms with E-state index in [2.05, 4.69) is 11.4 Å². The topological polar surface area (TPSA) is 66.4 Å². The van der Waals surface area contributed by atoms with Crippen LogP contribution in [-0.2, 0) is 15.3 Å². The van der Waals surface area contributed by atoms with Crippen LogP contribution in [0.5, 0.6) is 0 Å². The zero-order valence-electron chi connectivity index (χ0n) is 11.5. The van der Waals surface area contributed by atoms with Crippen LogP contribution in [0, 0.1) is 12.8 Å². The molecule has 0 saturated heterocycles. The number of hydrogen-bond donors (Lipinski definition) is 2. The van der Waals surface area contributed by atoms with Crippen LogP contribution < -0.4 is 5.32 Å². The molecule has 1 amide bonds. The molecule has 5 heteroatoms. The summed E-state index contributed by atoms with van der Waals surface area (Å²) in [5, 5.41) is 11.7. The molecule has 0 aromatic heterocycles. The molecule has 4 nitrogen and oxygen atoms in total. The number of carboxylic acid groups (broad SMARTS) is 1. The van der Waals surface area contributed by atoms with Crippen LogP contribution in [0.1, 0.15) is 24.0 Å². The van der Waals surface area contributed by atoms with E-state index in [4.69, 9.17) is 5.11 Å². The van der Waals surface area contributed by atoms with Crippen LogP contribution in [0.4, 0.5) is 0 Å². The summed E-state index contributed by atoms with van der Waals surface area (Å²) in [5.41, 5.74) is 2.38. The van der Waals surface area contributed by atoms with Gasteiger partial charge in [0.15, 0.2) is 0 Å². The Morgan fingerprint density at radius 2 is 2.20 bits per heavy atom. The second-order valence-electron chi connectivity index (χ2n) is 5.20. The predicted molar refractivity (Wildman–Crippen MR) is 79.6 cm³/mol. The Balaban J connectivity index is 1.73. The molecule has 1 aromatic carbocycles. The zero-order chi connectivity index (χ0) is 14.5. The van der Waals surface area contributed by atoms with Gasteiger partial charge >= 0.3 is 5.97 Å². The summed E-state index contributed by atoms with van der Waals surface area (Å²) in [7, 11) is 0. The third kappa shape index (κ3) is 4.56. The number of nitrogens with one attached hydrogen (secondary N) is 1. The lowest BCUT2D eigenvalue weighted by atomic mass is 10.2. The van der Waals surface area contributed by atoms with Gasteiger partial charge in [-0.05, 0) is 31.2 Å². The van der Waals surface area contributed by atoms with Crippen LogP contribution in [-0.4, -0.2) is 28.8 Å². The van der Waals surface area contributed by atoms with Crippen LogP contribution in [0.2, 0.25) is 0 Å².